The Morgan fingerprint density at radius 3 is 2.42 bits per heavy atom. The fourth-order valence-electron chi connectivity index (χ4n) is 3.71. The minimum Gasteiger partial charge on any atom is -0.493 e. The van der Waals surface area contributed by atoms with Crippen LogP contribution in [0, 0.1) is 6.92 Å². The van der Waals surface area contributed by atoms with Gasteiger partial charge in [0.2, 0.25) is 10.0 Å². The molecule has 1 fully saturated rings. The number of amides is 1. The van der Waals surface area contributed by atoms with Crippen LogP contribution in [0.2, 0.25) is 0 Å². The van der Waals surface area contributed by atoms with Crippen LogP contribution in [0.5, 0.6) is 11.5 Å². The minimum atomic E-state index is -3.55. The molecule has 3 rings (SSSR count). The van der Waals surface area contributed by atoms with Gasteiger partial charge in [-0.2, -0.15) is 4.31 Å². The first-order chi connectivity index (χ1) is 14.9. The molecule has 31 heavy (non-hydrogen) atoms. The van der Waals surface area contributed by atoms with Crippen molar-refractivity contribution in [3.05, 3.63) is 53.1 Å². The van der Waals surface area contributed by atoms with Crippen LogP contribution in [0.3, 0.4) is 0 Å². The zero-order chi connectivity index (χ0) is 22.4. The predicted octanol–water partition coefficient (Wildman–Crippen LogP) is 3.16. The SMILES string of the molecule is COc1ccc(CCCNC(=O)c2cc(S(=O)(=O)N3CCCC3)ccc2C)cc1OC. The Morgan fingerprint density at radius 2 is 1.74 bits per heavy atom. The van der Waals surface area contributed by atoms with Crippen LogP contribution in [-0.2, 0) is 16.4 Å². The summed E-state index contributed by atoms with van der Waals surface area (Å²) in [5, 5.41) is 2.91. The van der Waals surface area contributed by atoms with E-state index < -0.39 is 10.0 Å². The lowest BCUT2D eigenvalue weighted by Gasteiger charge is -2.17. The molecule has 168 valence electrons. The molecule has 1 N–H and O–H groups in total. The van der Waals surface area contributed by atoms with Crippen molar-refractivity contribution in [2.75, 3.05) is 33.9 Å². The van der Waals surface area contributed by atoms with Crippen LogP contribution in [0.1, 0.15) is 40.7 Å². The summed E-state index contributed by atoms with van der Waals surface area (Å²) in [5.74, 6) is 1.10. The zero-order valence-electron chi connectivity index (χ0n) is 18.3. The van der Waals surface area contributed by atoms with Crippen molar-refractivity contribution in [3.63, 3.8) is 0 Å². The number of aryl methyl sites for hydroxylation is 2. The van der Waals surface area contributed by atoms with Crippen LogP contribution in [0.15, 0.2) is 41.3 Å². The van der Waals surface area contributed by atoms with Crippen LogP contribution >= 0.6 is 0 Å². The second-order valence-electron chi connectivity index (χ2n) is 7.64. The Labute approximate surface area is 184 Å². The number of sulfonamides is 1. The third-order valence-corrected chi connectivity index (χ3v) is 7.43. The van der Waals surface area contributed by atoms with E-state index in [0.717, 1.165) is 36.8 Å². The summed E-state index contributed by atoms with van der Waals surface area (Å²) >= 11 is 0. The van der Waals surface area contributed by atoms with E-state index in [1.165, 1.54) is 10.4 Å². The topological polar surface area (TPSA) is 84.9 Å². The summed E-state index contributed by atoms with van der Waals surface area (Å²) < 4.78 is 37.7. The Bertz CT molecular complexity index is 1030. The van der Waals surface area contributed by atoms with Crippen molar-refractivity contribution < 1.29 is 22.7 Å². The highest BCUT2D eigenvalue weighted by Crippen LogP contribution is 2.28. The molecule has 0 aliphatic carbocycles. The number of methoxy groups -OCH3 is 2. The van der Waals surface area contributed by atoms with Gasteiger partial charge in [0.25, 0.3) is 5.91 Å². The first-order valence-corrected chi connectivity index (χ1v) is 11.9. The van der Waals surface area contributed by atoms with Gasteiger partial charge in [0.15, 0.2) is 11.5 Å². The third-order valence-electron chi connectivity index (χ3n) is 5.53. The van der Waals surface area contributed by atoms with Gasteiger partial charge in [0.1, 0.15) is 0 Å². The second kappa shape index (κ2) is 10.2. The average Bonchev–Trinajstić information content (AvgIpc) is 3.32. The number of rotatable bonds is 9. The van der Waals surface area contributed by atoms with Gasteiger partial charge in [-0.3, -0.25) is 4.79 Å². The van der Waals surface area contributed by atoms with Crippen molar-refractivity contribution in [3.8, 4) is 11.5 Å². The maximum atomic E-state index is 12.8. The smallest absolute Gasteiger partial charge is 0.251 e. The number of benzene rings is 2. The van der Waals surface area contributed by atoms with Crippen LogP contribution in [-0.4, -0.2) is 52.5 Å². The van der Waals surface area contributed by atoms with Gasteiger partial charge in [0, 0.05) is 25.2 Å². The Balaban J connectivity index is 1.60. The molecule has 1 saturated heterocycles. The summed E-state index contributed by atoms with van der Waals surface area (Å²) in [6.45, 7) is 3.36. The fourth-order valence-corrected chi connectivity index (χ4v) is 5.25. The molecule has 7 nitrogen and oxygen atoms in total. The number of hydrogen-bond donors (Lipinski definition) is 1. The molecule has 1 aliphatic heterocycles. The number of nitrogens with zero attached hydrogens (tertiary/aromatic N) is 1. The van der Waals surface area contributed by atoms with E-state index in [2.05, 4.69) is 5.32 Å². The molecule has 1 aliphatic rings. The summed E-state index contributed by atoms with van der Waals surface area (Å²) in [7, 11) is -0.357. The molecular formula is C23H30N2O5S. The molecule has 0 aromatic heterocycles. The number of ether oxygens (including phenoxy) is 2. The van der Waals surface area contributed by atoms with Gasteiger partial charge >= 0.3 is 0 Å². The van der Waals surface area contributed by atoms with E-state index in [9.17, 15) is 13.2 Å². The Kier molecular flexibility index (Phi) is 7.56. The van der Waals surface area contributed by atoms with E-state index in [1.807, 2.05) is 25.1 Å². The van der Waals surface area contributed by atoms with Crippen molar-refractivity contribution in [1.29, 1.82) is 0 Å². The normalized spacial score (nSPS) is 14.4. The molecule has 0 atom stereocenters. The molecule has 8 heteroatoms. The van der Waals surface area contributed by atoms with Crippen molar-refractivity contribution in [2.24, 2.45) is 0 Å². The van der Waals surface area contributed by atoms with E-state index in [0.29, 0.717) is 36.7 Å². The molecule has 0 radical (unpaired) electrons. The lowest BCUT2D eigenvalue weighted by molar-refractivity contribution is 0.0952. The van der Waals surface area contributed by atoms with Gasteiger partial charge in [0.05, 0.1) is 19.1 Å². The monoisotopic (exact) mass is 446 g/mol. The van der Waals surface area contributed by atoms with E-state index in [4.69, 9.17) is 9.47 Å². The van der Waals surface area contributed by atoms with E-state index in [1.54, 1.807) is 26.4 Å². The Morgan fingerprint density at radius 1 is 1.03 bits per heavy atom. The number of carbonyl (C=O) groups excluding carboxylic acids is 1. The Hall–Kier alpha value is -2.58. The van der Waals surface area contributed by atoms with E-state index in [-0.39, 0.29) is 10.8 Å². The predicted molar refractivity (Wildman–Crippen MR) is 119 cm³/mol. The summed E-state index contributed by atoms with van der Waals surface area (Å²) in [6, 6.07) is 10.5. The minimum absolute atomic E-state index is 0.176. The number of nitrogens with one attached hydrogen (secondary N) is 1. The fraction of sp³-hybridized carbons (Fsp3) is 0.435. The highest BCUT2D eigenvalue weighted by atomic mass is 32.2. The largest absolute Gasteiger partial charge is 0.493 e. The van der Waals surface area contributed by atoms with Crippen molar-refractivity contribution in [2.45, 2.75) is 37.5 Å². The van der Waals surface area contributed by atoms with Crippen molar-refractivity contribution >= 4 is 15.9 Å². The van der Waals surface area contributed by atoms with E-state index >= 15 is 0 Å². The molecule has 2 aromatic carbocycles. The first kappa shape index (κ1) is 23.1. The van der Waals surface area contributed by atoms with Gasteiger partial charge in [-0.05, 0) is 68.0 Å². The lowest BCUT2D eigenvalue weighted by Crippen LogP contribution is -2.29. The molecule has 0 unspecified atom stereocenters. The average molecular weight is 447 g/mol. The molecule has 0 spiro atoms. The molecule has 1 amide bonds. The summed E-state index contributed by atoms with van der Waals surface area (Å²) in [4.78, 5) is 12.9. The van der Waals surface area contributed by atoms with Gasteiger partial charge < -0.3 is 14.8 Å². The molecule has 2 aromatic rings. The van der Waals surface area contributed by atoms with Crippen LogP contribution in [0.25, 0.3) is 0 Å². The van der Waals surface area contributed by atoms with Crippen molar-refractivity contribution in [1.82, 2.24) is 9.62 Å². The highest BCUT2D eigenvalue weighted by Gasteiger charge is 2.28. The second-order valence-corrected chi connectivity index (χ2v) is 9.57. The maximum absolute atomic E-state index is 12.8. The highest BCUT2D eigenvalue weighted by molar-refractivity contribution is 7.89. The van der Waals surface area contributed by atoms with Gasteiger partial charge in [-0.1, -0.05) is 12.1 Å². The summed E-state index contributed by atoms with van der Waals surface area (Å²) in [6.07, 6.45) is 3.26. The zero-order valence-corrected chi connectivity index (χ0v) is 19.1. The number of hydrogen-bond acceptors (Lipinski definition) is 5. The quantitative estimate of drug-likeness (QED) is 0.598. The third kappa shape index (κ3) is 5.37. The maximum Gasteiger partial charge on any atom is 0.251 e. The van der Waals surface area contributed by atoms with Gasteiger partial charge in [-0.25, -0.2) is 8.42 Å². The summed E-state index contributed by atoms with van der Waals surface area (Å²) in [5.41, 5.74) is 2.23. The van der Waals surface area contributed by atoms with Crippen LogP contribution < -0.4 is 14.8 Å². The van der Waals surface area contributed by atoms with Gasteiger partial charge in [-0.15, -0.1) is 0 Å². The molecular weight excluding hydrogens is 416 g/mol. The van der Waals surface area contributed by atoms with Crippen LogP contribution in [0.4, 0.5) is 0 Å². The number of carbonyl (C=O) groups is 1. The standard InChI is InChI=1S/C23H30N2O5S/c1-17-8-10-19(31(27,28)25-13-4-5-14-25)16-20(17)23(26)24-12-6-7-18-9-11-21(29-2)22(15-18)30-3/h8-11,15-16H,4-7,12-14H2,1-3H3,(H,24,26). The molecule has 1 heterocycles. The molecule has 0 saturated carbocycles. The molecule has 0 bridgehead atoms. The first-order valence-electron chi connectivity index (χ1n) is 10.5. The lowest BCUT2D eigenvalue weighted by atomic mass is 10.1.